The molecular formula is C15H20CoNO4-. The Bertz CT molecular complexity index is 551. The predicted octanol–water partition coefficient (Wildman–Crippen LogP) is 3.35. The summed E-state index contributed by atoms with van der Waals surface area (Å²) < 4.78 is 5.10. The quantitative estimate of drug-likeness (QED) is 0.806. The molecule has 0 aliphatic rings. The molecule has 0 aliphatic carbocycles. The van der Waals surface area contributed by atoms with E-state index in [4.69, 9.17) is 10.2 Å². The van der Waals surface area contributed by atoms with Gasteiger partial charge >= 0.3 is 26.4 Å². The molecule has 0 aliphatic heterocycles. The number of Topliss-reactive ketones (excluding diaryl/α,β-unsaturated/α-hetero) is 1. The van der Waals surface area contributed by atoms with Crippen molar-refractivity contribution >= 4 is 11.2 Å². The molecule has 1 heterocycles. The van der Waals surface area contributed by atoms with Gasteiger partial charge in [-0.1, -0.05) is 13.8 Å². The van der Waals surface area contributed by atoms with E-state index >= 15 is 0 Å². The molecule has 0 aromatic carbocycles. The zero-order valence-electron chi connectivity index (χ0n) is 12.1. The molecule has 5 nitrogen and oxygen atoms in total. The number of aromatic hydroxyl groups is 1. The van der Waals surface area contributed by atoms with Crippen molar-refractivity contribution in [3.63, 3.8) is 0 Å². The summed E-state index contributed by atoms with van der Waals surface area (Å²) in [6, 6.07) is 1.33. The molecule has 119 valence electrons. The minimum atomic E-state index is -0.787. The van der Waals surface area contributed by atoms with Crippen LogP contribution in [0, 0.1) is 0 Å². The first kappa shape index (κ1) is 19.3. The summed E-state index contributed by atoms with van der Waals surface area (Å²) in [6.45, 7) is 3.47. The molecular weight excluding hydrogens is 317 g/mol. The standard InChI is InChI=1S/C14H18NO4.CH2.Co/c1-3-10(16)13-11(17)8-12(19-14(13)18)9(2)6-4-5-7-15;;/h5,7-9,15H,3-4,6H2,1-2H3,(H,16,17,18);1H2;/q-1;;/b7-5+;;. The van der Waals surface area contributed by atoms with Crippen LogP contribution in [0.1, 0.15) is 55.1 Å². The van der Waals surface area contributed by atoms with E-state index in [0.717, 1.165) is 0 Å². The molecule has 1 atom stereocenters. The Morgan fingerprint density at radius 1 is 1.57 bits per heavy atom. The number of carbonyl (C=O) groups is 1. The maximum atomic E-state index is 11.7. The number of carbonyl (C=O) groups excluding carboxylic acids is 1. The van der Waals surface area contributed by atoms with Crippen LogP contribution in [0.2, 0.25) is 0 Å². The molecule has 0 radical (unpaired) electrons. The Morgan fingerprint density at radius 2 is 2.19 bits per heavy atom. The van der Waals surface area contributed by atoms with Crippen LogP contribution in [0.3, 0.4) is 0 Å². The molecule has 0 spiro atoms. The molecule has 0 bridgehead atoms. The zero-order chi connectivity index (χ0) is 16.4. The van der Waals surface area contributed by atoms with E-state index in [1.807, 2.05) is 6.92 Å². The molecule has 1 aromatic rings. The van der Waals surface area contributed by atoms with Crippen molar-refractivity contribution in [2.75, 3.05) is 0 Å². The van der Waals surface area contributed by atoms with Crippen LogP contribution < -0.4 is 5.63 Å². The van der Waals surface area contributed by atoms with E-state index in [2.05, 4.69) is 20.8 Å². The second-order valence-electron chi connectivity index (χ2n) is 4.35. The average Bonchev–Trinajstić information content (AvgIpc) is 2.48. The number of hydrogen-bond donors (Lipinski definition) is 1. The van der Waals surface area contributed by atoms with Crippen molar-refractivity contribution in [1.82, 2.24) is 0 Å². The molecule has 6 heteroatoms. The van der Waals surface area contributed by atoms with Gasteiger partial charge in [0.2, 0.25) is 0 Å². The summed E-state index contributed by atoms with van der Waals surface area (Å²) >= 11 is 3.31. The first-order chi connectivity index (χ1) is 10.0. The van der Waals surface area contributed by atoms with E-state index in [1.165, 1.54) is 12.3 Å². The minimum absolute atomic E-state index is 0.0689. The van der Waals surface area contributed by atoms with Gasteiger partial charge in [0, 0.05) is 18.4 Å². The second-order valence-corrected chi connectivity index (χ2v) is 4.35. The third-order valence-electron chi connectivity index (χ3n) is 2.92. The van der Waals surface area contributed by atoms with Crippen molar-refractivity contribution < 1.29 is 29.6 Å². The fraction of sp³-hybridized carbons (Fsp3) is 0.400. The predicted molar refractivity (Wildman–Crippen MR) is 79.5 cm³/mol. The monoisotopic (exact) mass is 337 g/mol. The summed E-state index contributed by atoms with van der Waals surface area (Å²) in [4.78, 5) is 23.2. The SMILES string of the molecule is CCC(=O)c1c(O)cc(C(C)CC/C=C/[NH-])oc1=O.[CH2]=[Co]. The number of hydrogen-bond acceptors (Lipinski definition) is 4. The Labute approximate surface area is 132 Å². The van der Waals surface area contributed by atoms with E-state index in [0.29, 0.717) is 18.6 Å². The summed E-state index contributed by atoms with van der Waals surface area (Å²) in [5.41, 5.74) is 8.76. The van der Waals surface area contributed by atoms with Crippen LogP contribution in [0.5, 0.6) is 5.75 Å². The van der Waals surface area contributed by atoms with Crippen molar-refractivity contribution in [2.45, 2.75) is 39.0 Å². The topological polar surface area (TPSA) is 91.3 Å². The Hall–Kier alpha value is -1.66. The van der Waals surface area contributed by atoms with Crippen LogP contribution in [0.15, 0.2) is 27.6 Å². The second kappa shape index (κ2) is 10.1. The molecule has 1 aromatic heterocycles. The molecule has 0 saturated carbocycles. The molecule has 0 fully saturated rings. The van der Waals surface area contributed by atoms with Gasteiger partial charge < -0.3 is 15.3 Å². The molecule has 0 saturated heterocycles. The number of ketones is 1. The molecule has 1 rings (SSSR count). The van der Waals surface area contributed by atoms with Gasteiger partial charge in [-0.15, -0.1) is 6.08 Å². The summed E-state index contributed by atoms with van der Waals surface area (Å²) in [5.74, 6) is -0.460. The van der Waals surface area contributed by atoms with Crippen LogP contribution in [0.25, 0.3) is 5.73 Å². The van der Waals surface area contributed by atoms with E-state index in [9.17, 15) is 14.7 Å². The van der Waals surface area contributed by atoms with Gasteiger partial charge in [-0.05, 0) is 12.8 Å². The van der Waals surface area contributed by atoms with Gasteiger partial charge in [0.15, 0.2) is 5.78 Å². The fourth-order valence-electron chi connectivity index (χ4n) is 1.75. The van der Waals surface area contributed by atoms with Gasteiger partial charge in [0.25, 0.3) is 0 Å². The summed E-state index contributed by atoms with van der Waals surface area (Å²) in [5, 5.41) is 9.77. The van der Waals surface area contributed by atoms with Crippen molar-refractivity contribution in [3.05, 3.63) is 45.8 Å². The third kappa shape index (κ3) is 5.69. The molecule has 1 unspecified atom stereocenters. The van der Waals surface area contributed by atoms with Gasteiger partial charge in [-0.25, -0.2) is 4.79 Å². The van der Waals surface area contributed by atoms with Gasteiger partial charge in [-0.2, -0.15) is 6.20 Å². The average molecular weight is 337 g/mol. The fourth-order valence-corrected chi connectivity index (χ4v) is 1.75. The zero-order valence-corrected chi connectivity index (χ0v) is 13.2. The van der Waals surface area contributed by atoms with E-state index in [1.54, 1.807) is 13.0 Å². The Kier molecular flexibility index (Phi) is 9.32. The molecule has 21 heavy (non-hydrogen) atoms. The molecule has 0 amide bonds. The van der Waals surface area contributed by atoms with E-state index in [-0.39, 0.29) is 23.7 Å². The first-order valence-corrected chi connectivity index (χ1v) is 7.20. The van der Waals surface area contributed by atoms with Crippen LogP contribution in [0.4, 0.5) is 0 Å². The maximum absolute atomic E-state index is 11.7. The summed E-state index contributed by atoms with van der Waals surface area (Å²) in [7, 11) is 0. The Balaban J connectivity index is 0.00000191. The van der Waals surface area contributed by atoms with Gasteiger partial charge in [0.1, 0.15) is 17.1 Å². The molecule has 2 N–H and O–H groups in total. The number of allylic oxidation sites excluding steroid dienone is 1. The van der Waals surface area contributed by atoms with Crippen molar-refractivity contribution in [3.8, 4) is 5.75 Å². The number of nitrogens with one attached hydrogen (secondary N) is 1. The first-order valence-electron chi connectivity index (χ1n) is 6.47. The normalized spacial score (nSPS) is 11.8. The van der Waals surface area contributed by atoms with Crippen molar-refractivity contribution in [1.29, 1.82) is 0 Å². The van der Waals surface area contributed by atoms with Crippen LogP contribution in [-0.2, 0) is 15.3 Å². The third-order valence-corrected chi connectivity index (χ3v) is 2.92. The van der Waals surface area contributed by atoms with Crippen molar-refractivity contribution in [2.24, 2.45) is 0 Å². The summed E-state index contributed by atoms with van der Waals surface area (Å²) in [6.07, 6.45) is 4.43. The Morgan fingerprint density at radius 3 is 2.67 bits per heavy atom. The van der Waals surface area contributed by atoms with Crippen LogP contribution >= 0.6 is 0 Å². The number of rotatable bonds is 6. The van der Waals surface area contributed by atoms with Gasteiger partial charge in [0.05, 0.1) is 0 Å². The van der Waals surface area contributed by atoms with Crippen LogP contribution in [-0.4, -0.2) is 16.4 Å². The van der Waals surface area contributed by atoms with E-state index < -0.39 is 11.4 Å². The van der Waals surface area contributed by atoms with Gasteiger partial charge in [-0.3, -0.25) is 4.79 Å².